The summed E-state index contributed by atoms with van der Waals surface area (Å²) in [6.45, 7) is 0.448. The number of rotatable bonds is 4. The largest absolute Gasteiger partial charge is 0.324 e. The normalized spacial score (nSPS) is 14.0. The predicted molar refractivity (Wildman–Crippen MR) is 86.6 cm³/mol. The summed E-state index contributed by atoms with van der Waals surface area (Å²) in [4.78, 5) is 25.5. The molecule has 0 unspecified atom stereocenters. The Hall–Kier alpha value is -2.97. The zero-order valence-corrected chi connectivity index (χ0v) is 13.8. The van der Waals surface area contributed by atoms with Crippen LogP contribution in [0.2, 0.25) is 0 Å². The molecule has 0 bridgehead atoms. The summed E-state index contributed by atoms with van der Waals surface area (Å²) in [5.74, 6) is -11.7. The fourth-order valence-corrected chi connectivity index (χ4v) is 2.88. The van der Waals surface area contributed by atoms with Crippen molar-refractivity contribution in [3.8, 4) is 0 Å². The van der Waals surface area contributed by atoms with Gasteiger partial charge in [0, 0.05) is 18.5 Å². The number of amides is 2. The van der Waals surface area contributed by atoms with Crippen LogP contribution >= 0.6 is 0 Å². The molecule has 0 spiro atoms. The van der Waals surface area contributed by atoms with Crippen LogP contribution in [0.15, 0.2) is 24.3 Å². The predicted octanol–water partition coefficient (Wildman–Crippen LogP) is 3.69. The van der Waals surface area contributed by atoms with E-state index in [1.807, 2.05) is 0 Å². The van der Waals surface area contributed by atoms with Gasteiger partial charge in [0.05, 0.1) is 17.8 Å². The van der Waals surface area contributed by atoms with Crippen molar-refractivity contribution in [2.45, 2.75) is 19.3 Å². The summed E-state index contributed by atoms with van der Waals surface area (Å²) in [7, 11) is 0. The maximum absolute atomic E-state index is 13.7. The Labute approximate surface area is 150 Å². The molecule has 1 heterocycles. The van der Waals surface area contributed by atoms with Crippen LogP contribution in [0, 0.1) is 29.1 Å². The molecule has 1 aliphatic rings. The highest BCUT2D eigenvalue weighted by Crippen LogP contribution is 2.30. The minimum atomic E-state index is -2.29. The lowest BCUT2D eigenvalue weighted by atomic mass is 10.1. The number of para-hydroxylation sites is 2. The van der Waals surface area contributed by atoms with E-state index in [1.165, 1.54) is 11.0 Å². The van der Waals surface area contributed by atoms with E-state index in [0.717, 1.165) is 0 Å². The lowest BCUT2D eigenvalue weighted by Crippen LogP contribution is -2.26. The number of hydrogen-bond donors (Lipinski definition) is 1. The SMILES string of the molecule is O=C(Cc1c(F)c(F)c(F)c(F)c1F)Nc1ccccc1N1CCCC1=O. The van der Waals surface area contributed by atoms with E-state index in [4.69, 9.17) is 0 Å². The molecule has 9 heteroatoms. The minimum absolute atomic E-state index is 0.142. The van der Waals surface area contributed by atoms with E-state index in [0.29, 0.717) is 25.1 Å². The van der Waals surface area contributed by atoms with Crippen molar-refractivity contribution in [2.75, 3.05) is 16.8 Å². The number of halogens is 5. The summed E-state index contributed by atoms with van der Waals surface area (Å²) >= 11 is 0. The lowest BCUT2D eigenvalue weighted by Gasteiger charge is -2.20. The third-order valence-corrected chi connectivity index (χ3v) is 4.18. The van der Waals surface area contributed by atoms with E-state index in [-0.39, 0.29) is 11.6 Å². The first kappa shape index (κ1) is 18.8. The first-order valence-corrected chi connectivity index (χ1v) is 8.00. The first-order valence-electron chi connectivity index (χ1n) is 8.00. The number of carbonyl (C=O) groups is 2. The zero-order valence-electron chi connectivity index (χ0n) is 13.8. The van der Waals surface area contributed by atoms with E-state index in [2.05, 4.69) is 5.32 Å². The van der Waals surface area contributed by atoms with Gasteiger partial charge in [-0.2, -0.15) is 0 Å². The summed E-state index contributed by atoms with van der Waals surface area (Å²) in [6.07, 6.45) is -0.0629. The number of anilines is 2. The van der Waals surface area contributed by atoms with Gasteiger partial charge in [0.1, 0.15) is 0 Å². The molecule has 0 aromatic heterocycles. The van der Waals surface area contributed by atoms with Gasteiger partial charge >= 0.3 is 0 Å². The van der Waals surface area contributed by atoms with Gasteiger partial charge in [0.15, 0.2) is 23.3 Å². The molecule has 2 aromatic carbocycles. The van der Waals surface area contributed by atoms with E-state index >= 15 is 0 Å². The van der Waals surface area contributed by atoms with Crippen LogP contribution in [0.1, 0.15) is 18.4 Å². The van der Waals surface area contributed by atoms with Gasteiger partial charge in [0.25, 0.3) is 0 Å². The van der Waals surface area contributed by atoms with Crippen molar-refractivity contribution in [1.82, 2.24) is 0 Å². The third-order valence-electron chi connectivity index (χ3n) is 4.18. The Bertz CT molecular complexity index is 903. The molecule has 0 radical (unpaired) electrons. The molecular weight excluding hydrogens is 371 g/mol. The second-order valence-electron chi connectivity index (χ2n) is 5.94. The molecule has 2 aromatic rings. The highest BCUT2D eigenvalue weighted by Gasteiger charge is 2.28. The number of nitrogens with one attached hydrogen (secondary N) is 1. The van der Waals surface area contributed by atoms with Gasteiger partial charge < -0.3 is 10.2 Å². The quantitative estimate of drug-likeness (QED) is 0.497. The number of nitrogens with zero attached hydrogens (tertiary/aromatic N) is 1. The third kappa shape index (κ3) is 3.49. The van der Waals surface area contributed by atoms with Crippen molar-refractivity contribution < 1.29 is 31.5 Å². The Morgan fingerprint density at radius 3 is 2.15 bits per heavy atom. The average Bonchev–Trinajstić information content (AvgIpc) is 3.08. The molecule has 27 heavy (non-hydrogen) atoms. The molecule has 4 nitrogen and oxygen atoms in total. The van der Waals surface area contributed by atoms with E-state index in [1.54, 1.807) is 18.2 Å². The average molecular weight is 384 g/mol. The molecule has 0 saturated carbocycles. The zero-order chi connectivity index (χ0) is 19.7. The van der Waals surface area contributed by atoms with Gasteiger partial charge in [-0.05, 0) is 18.6 Å². The molecule has 142 valence electrons. The fourth-order valence-electron chi connectivity index (χ4n) is 2.88. The van der Waals surface area contributed by atoms with Gasteiger partial charge in [0.2, 0.25) is 17.6 Å². The Morgan fingerprint density at radius 2 is 1.56 bits per heavy atom. The second kappa shape index (κ2) is 7.34. The molecule has 1 N–H and O–H groups in total. The highest BCUT2D eigenvalue weighted by molar-refractivity contribution is 6.02. The molecular formula is C18H13F5N2O2. The highest BCUT2D eigenvalue weighted by atomic mass is 19.2. The van der Waals surface area contributed by atoms with Crippen LogP contribution < -0.4 is 10.2 Å². The summed E-state index contributed by atoms with van der Waals surface area (Å²) < 4.78 is 67.0. The monoisotopic (exact) mass is 384 g/mol. The maximum Gasteiger partial charge on any atom is 0.229 e. The van der Waals surface area contributed by atoms with E-state index < -0.39 is 47.0 Å². The molecule has 0 atom stereocenters. The Balaban J connectivity index is 1.85. The first-order chi connectivity index (χ1) is 12.8. The van der Waals surface area contributed by atoms with Crippen LogP contribution in [-0.2, 0) is 16.0 Å². The molecule has 1 aliphatic heterocycles. The van der Waals surface area contributed by atoms with Crippen LogP contribution in [0.4, 0.5) is 33.3 Å². The van der Waals surface area contributed by atoms with Crippen molar-refractivity contribution in [1.29, 1.82) is 0 Å². The van der Waals surface area contributed by atoms with Crippen molar-refractivity contribution in [3.05, 3.63) is 58.9 Å². The summed E-state index contributed by atoms with van der Waals surface area (Å²) in [5.41, 5.74) is -0.633. The van der Waals surface area contributed by atoms with E-state index in [9.17, 15) is 31.5 Å². The molecule has 0 aliphatic carbocycles. The summed E-state index contributed by atoms with van der Waals surface area (Å²) in [6, 6.07) is 6.26. The molecule has 3 rings (SSSR count). The molecule has 1 fully saturated rings. The fraction of sp³-hybridized carbons (Fsp3) is 0.222. The smallest absolute Gasteiger partial charge is 0.229 e. The van der Waals surface area contributed by atoms with Gasteiger partial charge in [-0.3, -0.25) is 9.59 Å². The van der Waals surface area contributed by atoms with Crippen LogP contribution in [0.3, 0.4) is 0 Å². The van der Waals surface area contributed by atoms with Crippen molar-refractivity contribution in [3.63, 3.8) is 0 Å². The Morgan fingerprint density at radius 1 is 0.963 bits per heavy atom. The molecule has 2 amide bonds. The number of carbonyl (C=O) groups excluding carboxylic acids is 2. The van der Waals surface area contributed by atoms with Crippen LogP contribution in [-0.4, -0.2) is 18.4 Å². The second-order valence-corrected chi connectivity index (χ2v) is 5.94. The summed E-state index contributed by atoms with van der Waals surface area (Å²) in [5, 5.41) is 2.36. The number of hydrogen-bond acceptors (Lipinski definition) is 2. The van der Waals surface area contributed by atoms with Crippen LogP contribution in [0.5, 0.6) is 0 Å². The Kier molecular flexibility index (Phi) is 5.11. The van der Waals surface area contributed by atoms with Crippen molar-refractivity contribution >= 4 is 23.2 Å². The minimum Gasteiger partial charge on any atom is -0.324 e. The van der Waals surface area contributed by atoms with Gasteiger partial charge in [-0.25, -0.2) is 22.0 Å². The van der Waals surface area contributed by atoms with Gasteiger partial charge in [-0.1, -0.05) is 12.1 Å². The number of benzene rings is 2. The van der Waals surface area contributed by atoms with Crippen molar-refractivity contribution in [2.24, 2.45) is 0 Å². The van der Waals surface area contributed by atoms with Crippen LogP contribution in [0.25, 0.3) is 0 Å². The molecule has 1 saturated heterocycles. The maximum atomic E-state index is 13.7. The lowest BCUT2D eigenvalue weighted by molar-refractivity contribution is -0.117. The standard InChI is InChI=1S/C18H13F5N2O2/c19-14-9(15(20)17(22)18(23)16(14)21)8-12(26)24-10-4-1-2-5-11(10)25-7-3-6-13(25)27/h1-2,4-5H,3,6-8H2,(H,24,26). The topological polar surface area (TPSA) is 49.4 Å². The van der Waals surface area contributed by atoms with Gasteiger partial charge in [-0.15, -0.1) is 0 Å².